The second-order valence-electron chi connectivity index (χ2n) is 12.8. The molecule has 2 fully saturated rings. The first kappa shape index (κ1) is 25.0. The van der Waals surface area contributed by atoms with E-state index in [2.05, 4.69) is 49.8 Å². The summed E-state index contributed by atoms with van der Waals surface area (Å²) in [5, 5.41) is 0. The van der Waals surface area contributed by atoms with Crippen LogP contribution in [-0.4, -0.2) is 84.4 Å². The van der Waals surface area contributed by atoms with Crippen LogP contribution in [0.5, 0.6) is 11.5 Å². The van der Waals surface area contributed by atoms with E-state index >= 15 is 0 Å². The number of likely N-dealkylation sites (tertiary alicyclic amines) is 1. The van der Waals surface area contributed by atoms with Crippen LogP contribution in [0.4, 0.5) is 0 Å². The molecule has 0 radical (unpaired) electrons. The minimum Gasteiger partial charge on any atom is -0.493 e. The van der Waals surface area contributed by atoms with Crippen LogP contribution < -0.4 is 9.47 Å². The lowest BCUT2D eigenvalue weighted by atomic mass is 9.51. The number of hydrogen-bond acceptors (Lipinski definition) is 5. The van der Waals surface area contributed by atoms with Crippen LogP contribution in [0.3, 0.4) is 0 Å². The molecule has 1 unspecified atom stereocenters. The van der Waals surface area contributed by atoms with Gasteiger partial charge in [-0.2, -0.15) is 0 Å². The lowest BCUT2D eigenvalue weighted by Crippen LogP contribution is -2.62. The van der Waals surface area contributed by atoms with Gasteiger partial charge in [-0.3, -0.25) is 9.59 Å². The van der Waals surface area contributed by atoms with Crippen LogP contribution in [-0.2, 0) is 23.1 Å². The van der Waals surface area contributed by atoms with E-state index in [0.29, 0.717) is 56.2 Å². The van der Waals surface area contributed by atoms with Gasteiger partial charge in [0, 0.05) is 49.6 Å². The summed E-state index contributed by atoms with van der Waals surface area (Å²) >= 11 is 0. The van der Waals surface area contributed by atoms with E-state index in [4.69, 9.17) is 9.47 Å². The van der Waals surface area contributed by atoms with Crippen LogP contribution >= 0.6 is 0 Å². The Labute approximate surface area is 230 Å². The van der Waals surface area contributed by atoms with Gasteiger partial charge in [-0.25, -0.2) is 0 Å². The fourth-order valence-electron chi connectivity index (χ4n) is 8.45. The van der Waals surface area contributed by atoms with E-state index in [-0.39, 0.29) is 23.3 Å². The molecule has 2 amide bonds. The summed E-state index contributed by atoms with van der Waals surface area (Å²) in [6.07, 6.45) is 3.43. The average Bonchev–Trinajstić information content (AvgIpc) is 3.44. The highest BCUT2D eigenvalue weighted by atomic mass is 16.5. The molecule has 3 aliphatic heterocycles. The first-order valence-electron chi connectivity index (χ1n) is 14.6. The lowest BCUT2D eigenvalue weighted by molar-refractivity contribution is -0.133. The summed E-state index contributed by atoms with van der Waals surface area (Å²) in [5.41, 5.74) is 6.72. The minimum absolute atomic E-state index is 0.0344. The Balaban J connectivity index is 1.23. The maximum Gasteiger partial charge on any atom is 0.270 e. The van der Waals surface area contributed by atoms with E-state index in [0.717, 1.165) is 48.6 Å². The molecule has 2 bridgehead atoms. The summed E-state index contributed by atoms with van der Waals surface area (Å²) in [5.74, 6) is 2.71. The number of ether oxygens (including phenoxy) is 2. The molecule has 208 valence electrons. The molecule has 39 heavy (non-hydrogen) atoms. The van der Waals surface area contributed by atoms with Gasteiger partial charge in [-0.05, 0) is 74.4 Å². The molecule has 5 aliphatic rings. The molecule has 1 spiro atoms. The average molecular weight is 533 g/mol. The van der Waals surface area contributed by atoms with Crippen LogP contribution in [0, 0.1) is 18.8 Å². The SMILES string of the molecule is COc1ccc2c3c1O[C@H]1c4[nH]c(C(=O)N5CCN(C(=O)CC(C)C)CC5)c(C)c4CC4[C@H](C2)N(C)CC[C@@]341. The summed E-state index contributed by atoms with van der Waals surface area (Å²) in [6, 6.07) is 4.75. The number of likely N-dealkylation sites (N-methyl/N-ethyl adjacent to an activating group) is 1. The second-order valence-corrected chi connectivity index (χ2v) is 12.8. The molecule has 2 aliphatic carbocycles. The number of amides is 2. The number of piperazine rings is 1. The van der Waals surface area contributed by atoms with Crippen molar-refractivity contribution in [3.8, 4) is 11.5 Å². The molecule has 1 aromatic carbocycles. The van der Waals surface area contributed by atoms with Gasteiger partial charge < -0.3 is 29.2 Å². The van der Waals surface area contributed by atoms with Crippen molar-refractivity contribution in [2.75, 3.05) is 46.9 Å². The maximum atomic E-state index is 13.9. The van der Waals surface area contributed by atoms with Gasteiger partial charge >= 0.3 is 0 Å². The summed E-state index contributed by atoms with van der Waals surface area (Å²) in [7, 11) is 3.98. The van der Waals surface area contributed by atoms with Crippen molar-refractivity contribution in [1.29, 1.82) is 0 Å². The van der Waals surface area contributed by atoms with E-state index in [9.17, 15) is 9.59 Å². The van der Waals surface area contributed by atoms with Gasteiger partial charge in [-0.1, -0.05) is 19.9 Å². The maximum absolute atomic E-state index is 13.9. The van der Waals surface area contributed by atoms with E-state index < -0.39 is 0 Å². The van der Waals surface area contributed by atoms with Crippen molar-refractivity contribution in [2.24, 2.45) is 11.8 Å². The predicted molar refractivity (Wildman–Crippen MR) is 147 cm³/mol. The minimum atomic E-state index is -0.140. The summed E-state index contributed by atoms with van der Waals surface area (Å²) in [4.78, 5) is 36.4. The molecule has 2 saturated heterocycles. The third-order valence-electron chi connectivity index (χ3n) is 10.4. The molecule has 1 N–H and O–H groups in total. The number of piperidine rings is 1. The quantitative estimate of drug-likeness (QED) is 0.653. The van der Waals surface area contributed by atoms with Crippen molar-refractivity contribution in [1.82, 2.24) is 19.7 Å². The molecule has 8 nitrogen and oxygen atoms in total. The second kappa shape index (κ2) is 8.75. The first-order chi connectivity index (χ1) is 18.7. The third-order valence-corrected chi connectivity index (χ3v) is 10.4. The normalized spacial score (nSPS) is 28.7. The number of hydrogen-bond donors (Lipinski definition) is 1. The number of H-pyrrole nitrogens is 1. The van der Waals surface area contributed by atoms with Gasteiger partial charge in [0.25, 0.3) is 5.91 Å². The molecule has 2 aromatic rings. The fraction of sp³-hybridized carbons (Fsp3) is 0.613. The van der Waals surface area contributed by atoms with Gasteiger partial charge in [-0.15, -0.1) is 0 Å². The van der Waals surface area contributed by atoms with Gasteiger partial charge in [0.05, 0.1) is 12.8 Å². The van der Waals surface area contributed by atoms with Crippen molar-refractivity contribution in [2.45, 2.75) is 64.0 Å². The zero-order chi connectivity index (χ0) is 27.2. The van der Waals surface area contributed by atoms with Crippen molar-refractivity contribution in [3.63, 3.8) is 0 Å². The molecular weight excluding hydrogens is 492 g/mol. The highest BCUT2D eigenvalue weighted by Gasteiger charge is 2.65. The molecule has 8 heteroatoms. The highest BCUT2D eigenvalue weighted by Crippen LogP contribution is 2.67. The number of rotatable bonds is 4. The number of aromatic amines is 1. The molecular formula is C31H40N4O4. The Morgan fingerprint density at radius 1 is 1.13 bits per heavy atom. The Morgan fingerprint density at radius 3 is 2.59 bits per heavy atom. The smallest absolute Gasteiger partial charge is 0.270 e. The standard InChI is InChI=1S/C31H40N4O4/c1-17(2)14-24(36)34-10-12-35(13-11-34)30(37)26-18(3)20-16-21-22-15-19-6-7-23(38-5)28-25(19)31(21,8-9-33(22)4)29(39-28)27(20)32-26/h6-7,17,21-22,29,32H,8-16H2,1-5H3/t21?,22-,29-,31-/m0/s1. The number of carbonyl (C=O) groups excluding carboxylic acids is 2. The van der Waals surface area contributed by atoms with Crippen LogP contribution in [0.25, 0.3) is 0 Å². The molecule has 7 rings (SSSR count). The number of carbonyl (C=O) groups is 2. The Kier molecular flexibility index (Phi) is 5.61. The summed E-state index contributed by atoms with van der Waals surface area (Å²) < 4.78 is 12.7. The van der Waals surface area contributed by atoms with Gasteiger partial charge in [0.2, 0.25) is 5.91 Å². The predicted octanol–water partition coefficient (Wildman–Crippen LogP) is 3.47. The largest absolute Gasteiger partial charge is 0.493 e. The molecule has 1 aromatic heterocycles. The van der Waals surface area contributed by atoms with Crippen molar-refractivity contribution in [3.05, 3.63) is 45.8 Å². The highest BCUT2D eigenvalue weighted by molar-refractivity contribution is 5.95. The van der Waals surface area contributed by atoms with E-state index in [1.54, 1.807) is 7.11 Å². The number of fused-ring (bicyclic) bond motifs is 2. The first-order valence-corrected chi connectivity index (χ1v) is 14.6. The van der Waals surface area contributed by atoms with Crippen LogP contribution in [0.2, 0.25) is 0 Å². The van der Waals surface area contributed by atoms with Gasteiger partial charge in [0.1, 0.15) is 11.8 Å². The van der Waals surface area contributed by atoms with Crippen molar-refractivity contribution < 1.29 is 19.1 Å². The van der Waals surface area contributed by atoms with E-state index in [1.165, 1.54) is 16.7 Å². The number of benzene rings is 1. The van der Waals surface area contributed by atoms with E-state index in [1.807, 2.05) is 9.80 Å². The number of nitrogens with zero attached hydrogens (tertiary/aromatic N) is 3. The fourth-order valence-corrected chi connectivity index (χ4v) is 8.45. The molecule has 4 heterocycles. The number of aromatic nitrogens is 1. The Bertz CT molecular complexity index is 1360. The summed E-state index contributed by atoms with van der Waals surface area (Å²) in [6.45, 7) is 9.60. The number of nitrogens with one attached hydrogen (secondary N) is 1. The third kappa shape index (κ3) is 3.39. The van der Waals surface area contributed by atoms with Crippen LogP contribution in [0.15, 0.2) is 12.1 Å². The molecule has 0 saturated carbocycles. The monoisotopic (exact) mass is 532 g/mol. The zero-order valence-electron chi connectivity index (χ0n) is 23.8. The Hall–Kier alpha value is -3.00. The van der Waals surface area contributed by atoms with Crippen LogP contribution in [0.1, 0.15) is 71.2 Å². The number of methoxy groups -OCH3 is 1. The van der Waals surface area contributed by atoms with Gasteiger partial charge in [0.15, 0.2) is 11.5 Å². The topological polar surface area (TPSA) is 78.1 Å². The van der Waals surface area contributed by atoms with Crippen molar-refractivity contribution >= 4 is 11.8 Å². The Morgan fingerprint density at radius 2 is 1.87 bits per heavy atom. The zero-order valence-corrected chi connectivity index (χ0v) is 23.8. The lowest BCUT2D eigenvalue weighted by Gasteiger charge is -2.57. The molecule has 4 atom stereocenters.